The van der Waals surface area contributed by atoms with E-state index in [2.05, 4.69) is 57.3 Å². The zero-order chi connectivity index (χ0) is 13.9. The molecule has 0 spiro atoms. The lowest BCUT2D eigenvalue weighted by Crippen LogP contribution is -2.27. The highest BCUT2D eigenvalue weighted by Crippen LogP contribution is 2.33. The average molecular weight is 259 g/mol. The molecule has 2 rings (SSSR count). The third-order valence-corrected chi connectivity index (χ3v) is 4.52. The topological polar surface area (TPSA) is 12.0 Å². The Labute approximate surface area is 118 Å². The molecule has 1 aromatic rings. The molecule has 0 unspecified atom stereocenters. The Bertz CT molecular complexity index is 394. The second-order valence-corrected chi connectivity index (χ2v) is 7.07. The molecule has 106 valence electrons. The number of para-hydroxylation sites is 1. The summed E-state index contributed by atoms with van der Waals surface area (Å²) in [5.74, 6) is 0.968. The summed E-state index contributed by atoms with van der Waals surface area (Å²) in [6.45, 7) is 9.21. The largest absolute Gasteiger partial charge is 0.382 e. The van der Waals surface area contributed by atoms with Gasteiger partial charge >= 0.3 is 0 Å². The molecule has 1 nitrogen and oxygen atoms in total. The minimum atomic E-state index is 0.213. The van der Waals surface area contributed by atoms with Gasteiger partial charge in [0.2, 0.25) is 0 Å². The number of hydrogen-bond donors (Lipinski definition) is 1. The molecule has 0 amide bonds. The van der Waals surface area contributed by atoms with Crippen LogP contribution >= 0.6 is 0 Å². The third-order valence-electron chi connectivity index (χ3n) is 4.52. The van der Waals surface area contributed by atoms with E-state index in [-0.39, 0.29) is 5.41 Å². The van der Waals surface area contributed by atoms with E-state index >= 15 is 0 Å². The Morgan fingerprint density at radius 2 is 1.68 bits per heavy atom. The van der Waals surface area contributed by atoms with Gasteiger partial charge < -0.3 is 5.32 Å². The molecular weight excluding hydrogens is 230 g/mol. The van der Waals surface area contributed by atoms with Gasteiger partial charge in [0, 0.05) is 11.7 Å². The van der Waals surface area contributed by atoms with Gasteiger partial charge in [0.15, 0.2) is 0 Å². The smallest absolute Gasteiger partial charge is 0.0380 e. The Hall–Kier alpha value is -0.980. The second kappa shape index (κ2) is 5.98. The van der Waals surface area contributed by atoms with Gasteiger partial charge in [-0.1, -0.05) is 52.3 Å². The molecule has 0 aromatic heterocycles. The average Bonchev–Trinajstić information content (AvgIpc) is 2.39. The predicted molar refractivity (Wildman–Crippen MR) is 84.8 cm³/mol. The molecule has 1 fully saturated rings. The number of rotatable bonds is 3. The van der Waals surface area contributed by atoms with Gasteiger partial charge in [0.25, 0.3) is 0 Å². The van der Waals surface area contributed by atoms with Gasteiger partial charge in [0.1, 0.15) is 0 Å². The molecular formula is C18H29N. The van der Waals surface area contributed by atoms with Gasteiger partial charge in [-0.05, 0) is 48.6 Å². The summed E-state index contributed by atoms with van der Waals surface area (Å²) in [5, 5.41) is 3.80. The SMILES string of the molecule is CCC1CCC(Nc2ccccc2C(C)(C)C)CC1. The molecule has 0 saturated heterocycles. The van der Waals surface area contributed by atoms with Crippen LogP contribution in [0.1, 0.15) is 65.4 Å². The van der Waals surface area contributed by atoms with Crippen LogP contribution in [0, 0.1) is 5.92 Å². The van der Waals surface area contributed by atoms with E-state index in [1.54, 1.807) is 0 Å². The normalized spacial score (nSPS) is 24.2. The fraction of sp³-hybridized carbons (Fsp3) is 0.667. The molecule has 1 aliphatic carbocycles. The highest BCUT2D eigenvalue weighted by Gasteiger charge is 2.22. The van der Waals surface area contributed by atoms with Crippen LogP contribution in [0.15, 0.2) is 24.3 Å². The maximum absolute atomic E-state index is 3.80. The fourth-order valence-corrected chi connectivity index (χ4v) is 3.20. The van der Waals surface area contributed by atoms with Gasteiger partial charge in [-0.15, -0.1) is 0 Å². The number of anilines is 1. The first-order chi connectivity index (χ1) is 9.00. The van der Waals surface area contributed by atoms with Crippen LogP contribution in [-0.2, 0) is 5.41 Å². The van der Waals surface area contributed by atoms with Crippen LogP contribution < -0.4 is 5.32 Å². The van der Waals surface area contributed by atoms with Crippen molar-refractivity contribution in [1.29, 1.82) is 0 Å². The molecule has 1 aromatic carbocycles. The lowest BCUT2D eigenvalue weighted by molar-refractivity contribution is 0.330. The van der Waals surface area contributed by atoms with Crippen LogP contribution in [0.5, 0.6) is 0 Å². The molecule has 0 heterocycles. The summed E-state index contributed by atoms with van der Waals surface area (Å²) in [6, 6.07) is 9.48. The van der Waals surface area contributed by atoms with Crippen LogP contribution in [0.25, 0.3) is 0 Å². The van der Waals surface area contributed by atoms with Crippen molar-refractivity contribution in [1.82, 2.24) is 0 Å². The fourth-order valence-electron chi connectivity index (χ4n) is 3.20. The molecule has 1 N–H and O–H groups in total. The zero-order valence-electron chi connectivity index (χ0n) is 13.0. The maximum Gasteiger partial charge on any atom is 0.0380 e. The first-order valence-electron chi connectivity index (χ1n) is 7.86. The van der Waals surface area contributed by atoms with E-state index in [9.17, 15) is 0 Å². The van der Waals surface area contributed by atoms with E-state index in [4.69, 9.17) is 0 Å². The van der Waals surface area contributed by atoms with Crippen molar-refractivity contribution in [3.05, 3.63) is 29.8 Å². The highest BCUT2D eigenvalue weighted by atomic mass is 14.9. The van der Waals surface area contributed by atoms with E-state index in [0.717, 1.165) is 5.92 Å². The minimum absolute atomic E-state index is 0.213. The summed E-state index contributed by atoms with van der Waals surface area (Å²) in [6.07, 6.45) is 6.80. The molecule has 1 heteroatoms. The number of benzene rings is 1. The van der Waals surface area contributed by atoms with Crippen molar-refractivity contribution in [2.24, 2.45) is 5.92 Å². The highest BCUT2D eigenvalue weighted by molar-refractivity contribution is 5.54. The van der Waals surface area contributed by atoms with Crippen LogP contribution in [0.3, 0.4) is 0 Å². The molecule has 1 saturated carbocycles. The molecule has 19 heavy (non-hydrogen) atoms. The molecule has 1 aliphatic rings. The quantitative estimate of drug-likeness (QED) is 0.770. The molecule has 0 atom stereocenters. The summed E-state index contributed by atoms with van der Waals surface area (Å²) in [5.41, 5.74) is 2.99. The van der Waals surface area contributed by atoms with Crippen molar-refractivity contribution < 1.29 is 0 Å². The summed E-state index contributed by atoms with van der Waals surface area (Å²) in [4.78, 5) is 0. The van der Waals surface area contributed by atoms with Gasteiger partial charge in [0.05, 0.1) is 0 Å². The first kappa shape index (κ1) is 14.4. The van der Waals surface area contributed by atoms with Crippen molar-refractivity contribution >= 4 is 5.69 Å². The maximum atomic E-state index is 3.80. The van der Waals surface area contributed by atoms with Crippen molar-refractivity contribution in [3.63, 3.8) is 0 Å². The van der Waals surface area contributed by atoms with Gasteiger partial charge in [-0.25, -0.2) is 0 Å². The Kier molecular flexibility index (Phi) is 4.54. The predicted octanol–water partition coefficient (Wildman–Crippen LogP) is 5.36. The summed E-state index contributed by atoms with van der Waals surface area (Å²) >= 11 is 0. The molecule has 0 aliphatic heterocycles. The monoisotopic (exact) mass is 259 g/mol. The number of nitrogens with one attached hydrogen (secondary N) is 1. The Morgan fingerprint density at radius 3 is 2.26 bits per heavy atom. The first-order valence-corrected chi connectivity index (χ1v) is 7.86. The second-order valence-electron chi connectivity index (χ2n) is 7.07. The summed E-state index contributed by atoms with van der Waals surface area (Å²) in [7, 11) is 0. The van der Waals surface area contributed by atoms with E-state index < -0.39 is 0 Å². The van der Waals surface area contributed by atoms with Crippen LogP contribution in [0.4, 0.5) is 5.69 Å². The molecule has 0 bridgehead atoms. The van der Waals surface area contributed by atoms with E-state index in [1.165, 1.54) is 43.4 Å². The standard InChI is InChI=1S/C18H29N/c1-5-14-10-12-15(13-11-14)19-17-9-7-6-8-16(17)18(2,3)4/h6-9,14-15,19H,5,10-13H2,1-4H3. The molecule has 0 radical (unpaired) electrons. The van der Waals surface area contributed by atoms with E-state index in [1.807, 2.05) is 0 Å². The number of hydrogen-bond acceptors (Lipinski definition) is 1. The van der Waals surface area contributed by atoms with Crippen molar-refractivity contribution in [2.75, 3.05) is 5.32 Å². The lowest BCUT2D eigenvalue weighted by Gasteiger charge is -2.31. The van der Waals surface area contributed by atoms with E-state index in [0.29, 0.717) is 6.04 Å². The Balaban J connectivity index is 2.04. The zero-order valence-corrected chi connectivity index (χ0v) is 13.0. The van der Waals surface area contributed by atoms with Crippen LogP contribution in [-0.4, -0.2) is 6.04 Å². The van der Waals surface area contributed by atoms with Crippen molar-refractivity contribution in [2.45, 2.75) is 71.3 Å². The van der Waals surface area contributed by atoms with Gasteiger partial charge in [-0.2, -0.15) is 0 Å². The minimum Gasteiger partial charge on any atom is -0.382 e. The van der Waals surface area contributed by atoms with Gasteiger partial charge in [-0.3, -0.25) is 0 Å². The van der Waals surface area contributed by atoms with Crippen LogP contribution in [0.2, 0.25) is 0 Å². The van der Waals surface area contributed by atoms with Crippen molar-refractivity contribution in [3.8, 4) is 0 Å². The third kappa shape index (κ3) is 3.75. The summed E-state index contributed by atoms with van der Waals surface area (Å²) < 4.78 is 0. The lowest BCUT2D eigenvalue weighted by atomic mass is 9.83. The Morgan fingerprint density at radius 1 is 1.05 bits per heavy atom.